The van der Waals surface area contributed by atoms with E-state index < -0.39 is 4.92 Å². The van der Waals surface area contributed by atoms with Crippen molar-refractivity contribution >= 4 is 17.4 Å². The molecule has 1 unspecified atom stereocenters. The number of nitro groups is 1. The van der Waals surface area contributed by atoms with Crippen LogP contribution in [0.4, 0.5) is 11.5 Å². The number of carbonyl (C=O) groups is 1. The monoisotopic (exact) mass is 280 g/mol. The van der Waals surface area contributed by atoms with Crippen LogP contribution in [-0.2, 0) is 0 Å². The second kappa shape index (κ2) is 6.83. The van der Waals surface area contributed by atoms with E-state index in [0.29, 0.717) is 5.82 Å². The number of amides is 1. The third kappa shape index (κ3) is 3.66. The molecule has 1 rings (SSSR count). The lowest BCUT2D eigenvalue weighted by Gasteiger charge is -2.21. The smallest absolute Gasteiger partial charge is 0.288 e. The van der Waals surface area contributed by atoms with E-state index in [9.17, 15) is 14.9 Å². The lowest BCUT2D eigenvalue weighted by molar-refractivity contribution is -0.385. The zero-order valence-electron chi connectivity index (χ0n) is 12.1. The maximum Gasteiger partial charge on any atom is 0.288 e. The van der Waals surface area contributed by atoms with Crippen LogP contribution < -0.4 is 10.6 Å². The number of pyridine rings is 1. The average molecular weight is 280 g/mol. The molecule has 1 aromatic heterocycles. The van der Waals surface area contributed by atoms with Crippen molar-refractivity contribution in [2.24, 2.45) is 5.92 Å². The van der Waals surface area contributed by atoms with Crippen LogP contribution in [0, 0.1) is 16.0 Å². The molecule has 0 aliphatic rings. The van der Waals surface area contributed by atoms with Gasteiger partial charge in [-0.2, -0.15) is 0 Å². The Bertz CT molecular complexity index is 502. The van der Waals surface area contributed by atoms with Gasteiger partial charge >= 0.3 is 0 Å². The van der Waals surface area contributed by atoms with E-state index in [2.05, 4.69) is 15.6 Å². The van der Waals surface area contributed by atoms with Gasteiger partial charge in [0.2, 0.25) is 0 Å². The van der Waals surface area contributed by atoms with Crippen molar-refractivity contribution < 1.29 is 9.72 Å². The first-order valence-corrected chi connectivity index (χ1v) is 6.53. The molecular weight excluding hydrogens is 260 g/mol. The number of nitrogens with one attached hydrogen (secondary N) is 2. The molecule has 110 valence electrons. The summed E-state index contributed by atoms with van der Waals surface area (Å²) in [6.45, 7) is 6.01. The second-order valence-electron chi connectivity index (χ2n) is 4.83. The summed E-state index contributed by atoms with van der Waals surface area (Å²) < 4.78 is 0. The zero-order valence-corrected chi connectivity index (χ0v) is 12.1. The molecule has 0 radical (unpaired) electrons. The molecule has 1 amide bonds. The van der Waals surface area contributed by atoms with Crippen molar-refractivity contribution in [2.75, 3.05) is 12.4 Å². The van der Waals surface area contributed by atoms with Crippen molar-refractivity contribution in [1.29, 1.82) is 0 Å². The Morgan fingerprint density at radius 1 is 1.50 bits per heavy atom. The number of rotatable bonds is 6. The lowest BCUT2D eigenvalue weighted by atomic mass is 10.0. The van der Waals surface area contributed by atoms with Gasteiger partial charge < -0.3 is 10.6 Å². The third-order valence-corrected chi connectivity index (χ3v) is 3.13. The fraction of sp³-hybridized carbons (Fsp3) is 0.538. The Labute approximate surface area is 117 Å². The topological polar surface area (TPSA) is 97.2 Å². The summed E-state index contributed by atoms with van der Waals surface area (Å²) in [4.78, 5) is 26.4. The molecule has 7 nitrogen and oxygen atoms in total. The molecule has 0 bridgehead atoms. The van der Waals surface area contributed by atoms with Gasteiger partial charge in [-0.1, -0.05) is 20.8 Å². The molecule has 1 heterocycles. The third-order valence-electron chi connectivity index (χ3n) is 3.13. The number of carbonyl (C=O) groups excluding carboxylic acids is 1. The Morgan fingerprint density at radius 3 is 2.60 bits per heavy atom. The van der Waals surface area contributed by atoms with Crippen molar-refractivity contribution in [3.05, 3.63) is 27.9 Å². The van der Waals surface area contributed by atoms with Gasteiger partial charge in [-0.15, -0.1) is 0 Å². The van der Waals surface area contributed by atoms with E-state index in [-0.39, 0.29) is 29.1 Å². The van der Waals surface area contributed by atoms with E-state index in [1.165, 1.54) is 6.07 Å². The summed E-state index contributed by atoms with van der Waals surface area (Å²) in [7, 11) is 1.62. The Hall–Kier alpha value is -2.18. The van der Waals surface area contributed by atoms with Crippen LogP contribution in [0.15, 0.2) is 12.3 Å². The molecule has 0 saturated carbocycles. The van der Waals surface area contributed by atoms with Gasteiger partial charge in [-0.25, -0.2) is 4.98 Å². The molecule has 0 fully saturated rings. The van der Waals surface area contributed by atoms with Crippen molar-refractivity contribution in [1.82, 2.24) is 10.3 Å². The van der Waals surface area contributed by atoms with Crippen molar-refractivity contribution in [2.45, 2.75) is 33.2 Å². The van der Waals surface area contributed by atoms with Gasteiger partial charge in [0.25, 0.3) is 11.6 Å². The molecule has 0 aliphatic heterocycles. The number of anilines is 1. The molecule has 0 aromatic carbocycles. The van der Waals surface area contributed by atoms with E-state index in [4.69, 9.17) is 0 Å². The van der Waals surface area contributed by atoms with Crippen molar-refractivity contribution in [3.8, 4) is 0 Å². The minimum atomic E-state index is -0.566. The van der Waals surface area contributed by atoms with E-state index in [0.717, 1.165) is 12.6 Å². The highest BCUT2D eigenvalue weighted by molar-refractivity contribution is 5.99. The fourth-order valence-electron chi connectivity index (χ4n) is 1.91. The quantitative estimate of drug-likeness (QED) is 0.615. The fourth-order valence-corrected chi connectivity index (χ4v) is 1.91. The number of hydrogen-bond donors (Lipinski definition) is 2. The summed E-state index contributed by atoms with van der Waals surface area (Å²) >= 11 is 0. The summed E-state index contributed by atoms with van der Waals surface area (Å²) in [6, 6.07) is 1.26. The highest BCUT2D eigenvalue weighted by Crippen LogP contribution is 2.19. The first-order valence-electron chi connectivity index (χ1n) is 6.53. The summed E-state index contributed by atoms with van der Waals surface area (Å²) in [5.41, 5.74) is -0.0208. The predicted octanol–water partition coefficient (Wildman–Crippen LogP) is 2.20. The van der Waals surface area contributed by atoms with Crippen LogP contribution in [0.25, 0.3) is 0 Å². The SMILES string of the molecule is CCC(NC(=O)c1cc([N+](=O)[O-])cnc1NC)C(C)C. The predicted molar refractivity (Wildman–Crippen MR) is 76.8 cm³/mol. The van der Waals surface area contributed by atoms with Crippen LogP contribution in [0.2, 0.25) is 0 Å². The van der Waals surface area contributed by atoms with Gasteiger partial charge in [0, 0.05) is 19.2 Å². The van der Waals surface area contributed by atoms with Gasteiger partial charge in [-0.3, -0.25) is 14.9 Å². The molecule has 7 heteroatoms. The molecular formula is C13H20N4O3. The van der Waals surface area contributed by atoms with Gasteiger partial charge in [0.15, 0.2) is 0 Å². The van der Waals surface area contributed by atoms with Gasteiger partial charge in [0.05, 0.1) is 10.5 Å². The number of nitrogens with zero attached hydrogens (tertiary/aromatic N) is 2. The van der Waals surface area contributed by atoms with Crippen LogP contribution in [-0.4, -0.2) is 28.9 Å². The Kier molecular flexibility index (Phi) is 5.42. The molecule has 1 aromatic rings. The normalized spacial score (nSPS) is 12.1. The van der Waals surface area contributed by atoms with E-state index >= 15 is 0 Å². The first-order chi connectivity index (χ1) is 9.40. The van der Waals surface area contributed by atoms with Crippen LogP contribution in [0.3, 0.4) is 0 Å². The molecule has 0 spiro atoms. The number of aromatic nitrogens is 1. The highest BCUT2D eigenvalue weighted by atomic mass is 16.6. The standard InChI is InChI=1S/C13H20N4O3/c1-5-11(8(2)3)16-13(18)10-6-9(17(19)20)7-15-12(10)14-4/h6-8,11H,5H2,1-4H3,(H,14,15)(H,16,18). The summed E-state index contributed by atoms with van der Waals surface area (Å²) in [5, 5.41) is 16.4. The average Bonchev–Trinajstić information content (AvgIpc) is 2.43. The van der Waals surface area contributed by atoms with Gasteiger partial charge in [0.1, 0.15) is 12.0 Å². The first kappa shape index (κ1) is 15.9. The van der Waals surface area contributed by atoms with Crippen LogP contribution >= 0.6 is 0 Å². The molecule has 0 aliphatic carbocycles. The Morgan fingerprint density at radius 2 is 2.15 bits per heavy atom. The second-order valence-corrected chi connectivity index (χ2v) is 4.83. The molecule has 1 atom stereocenters. The lowest BCUT2D eigenvalue weighted by Crippen LogP contribution is -2.38. The summed E-state index contributed by atoms with van der Waals surface area (Å²) in [6.07, 6.45) is 1.92. The van der Waals surface area contributed by atoms with Crippen molar-refractivity contribution in [3.63, 3.8) is 0 Å². The minimum absolute atomic E-state index is 0.0199. The Balaban J connectivity index is 3.06. The summed E-state index contributed by atoms with van der Waals surface area (Å²) in [5.74, 6) is 0.256. The maximum atomic E-state index is 12.3. The van der Waals surface area contributed by atoms with Crippen LogP contribution in [0.5, 0.6) is 0 Å². The zero-order chi connectivity index (χ0) is 15.3. The van der Waals surface area contributed by atoms with Crippen LogP contribution in [0.1, 0.15) is 37.6 Å². The molecule has 0 saturated heterocycles. The highest BCUT2D eigenvalue weighted by Gasteiger charge is 2.21. The molecule has 2 N–H and O–H groups in total. The van der Waals surface area contributed by atoms with E-state index in [1.807, 2.05) is 20.8 Å². The molecule has 20 heavy (non-hydrogen) atoms. The van der Waals surface area contributed by atoms with Gasteiger partial charge in [-0.05, 0) is 12.3 Å². The largest absolute Gasteiger partial charge is 0.372 e. The van der Waals surface area contributed by atoms with E-state index in [1.54, 1.807) is 7.05 Å². The maximum absolute atomic E-state index is 12.3. The number of hydrogen-bond acceptors (Lipinski definition) is 5. The minimum Gasteiger partial charge on any atom is -0.372 e.